The Morgan fingerprint density at radius 2 is 1.73 bits per heavy atom. The first-order chi connectivity index (χ1) is 12.7. The van der Waals surface area contributed by atoms with Gasteiger partial charge in [-0.25, -0.2) is 0 Å². The van der Waals surface area contributed by atoms with Gasteiger partial charge in [-0.2, -0.15) is 0 Å². The molecular weight excluding hydrogens is 320 g/mol. The number of rotatable bonds is 2. The molecule has 0 saturated carbocycles. The van der Waals surface area contributed by atoms with E-state index in [0.29, 0.717) is 18.7 Å². The fourth-order valence-corrected chi connectivity index (χ4v) is 3.72. The van der Waals surface area contributed by atoms with Crippen LogP contribution in [0.4, 0.5) is 5.69 Å². The molecule has 2 N–H and O–H groups in total. The van der Waals surface area contributed by atoms with E-state index in [-0.39, 0.29) is 5.91 Å². The molecule has 0 spiro atoms. The molecule has 0 atom stereocenters. The lowest BCUT2D eigenvalue weighted by molar-refractivity contribution is 0.0987. The van der Waals surface area contributed by atoms with Crippen LogP contribution in [0.25, 0.3) is 11.1 Å². The Balaban J connectivity index is 1.78. The van der Waals surface area contributed by atoms with Crippen LogP contribution in [-0.2, 0) is 13.0 Å². The maximum Gasteiger partial charge on any atom is 0.258 e. The number of fused-ring (bicyclic) bond motifs is 3. The van der Waals surface area contributed by atoms with E-state index in [2.05, 4.69) is 30.3 Å². The minimum Gasteiger partial charge on any atom is -0.326 e. The van der Waals surface area contributed by atoms with E-state index < -0.39 is 0 Å². The van der Waals surface area contributed by atoms with E-state index in [1.807, 2.05) is 48.2 Å². The highest BCUT2D eigenvalue weighted by Crippen LogP contribution is 2.36. The van der Waals surface area contributed by atoms with Crippen LogP contribution in [0.3, 0.4) is 0 Å². The molecule has 1 heterocycles. The van der Waals surface area contributed by atoms with Gasteiger partial charge in [-0.1, -0.05) is 48.5 Å². The monoisotopic (exact) mass is 342 g/mol. The molecule has 3 aromatic carbocycles. The number of amides is 1. The number of anilines is 1. The molecule has 0 bridgehead atoms. The zero-order valence-electron chi connectivity index (χ0n) is 14.9. The van der Waals surface area contributed by atoms with Crippen molar-refractivity contribution in [1.82, 2.24) is 0 Å². The van der Waals surface area contributed by atoms with Gasteiger partial charge in [0, 0.05) is 24.2 Å². The SMILES string of the molecule is Cc1cc(C(=O)N2CCc3ccccc3-c3ccccc32)ccc1CN. The van der Waals surface area contributed by atoms with Gasteiger partial charge in [0.05, 0.1) is 5.69 Å². The van der Waals surface area contributed by atoms with Crippen molar-refractivity contribution < 1.29 is 4.79 Å². The molecule has 1 amide bonds. The Kier molecular flexibility index (Phi) is 4.31. The molecule has 26 heavy (non-hydrogen) atoms. The van der Waals surface area contributed by atoms with Crippen molar-refractivity contribution >= 4 is 11.6 Å². The van der Waals surface area contributed by atoms with Gasteiger partial charge in [-0.05, 0) is 53.8 Å². The fraction of sp³-hybridized carbons (Fsp3) is 0.174. The summed E-state index contributed by atoms with van der Waals surface area (Å²) in [7, 11) is 0. The number of nitrogens with zero attached hydrogens (tertiary/aromatic N) is 1. The van der Waals surface area contributed by atoms with Gasteiger partial charge >= 0.3 is 0 Å². The summed E-state index contributed by atoms with van der Waals surface area (Å²) < 4.78 is 0. The number of benzene rings is 3. The second-order valence-electron chi connectivity index (χ2n) is 6.73. The fourth-order valence-electron chi connectivity index (χ4n) is 3.72. The summed E-state index contributed by atoms with van der Waals surface area (Å²) >= 11 is 0. The first-order valence-corrected chi connectivity index (χ1v) is 8.98. The van der Waals surface area contributed by atoms with Crippen LogP contribution in [0.15, 0.2) is 66.7 Å². The van der Waals surface area contributed by atoms with Crippen molar-refractivity contribution in [1.29, 1.82) is 0 Å². The van der Waals surface area contributed by atoms with E-state index in [4.69, 9.17) is 5.73 Å². The predicted molar refractivity (Wildman–Crippen MR) is 106 cm³/mol. The van der Waals surface area contributed by atoms with Crippen LogP contribution in [0.5, 0.6) is 0 Å². The van der Waals surface area contributed by atoms with Gasteiger partial charge in [-0.15, -0.1) is 0 Å². The van der Waals surface area contributed by atoms with E-state index in [0.717, 1.165) is 28.8 Å². The molecule has 0 radical (unpaired) electrons. The second kappa shape index (κ2) is 6.77. The molecule has 0 fully saturated rings. The van der Waals surface area contributed by atoms with Crippen LogP contribution in [0.1, 0.15) is 27.0 Å². The van der Waals surface area contributed by atoms with Crippen molar-refractivity contribution in [2.75, 3.05) is 11.4 Å². The average Bonchev–Trinajstić information content (AvgIpc) is 2.84. The second-order valence-corrected chi connectivity index (χ2v) is 6.73. The zero-order chi connectivity index (χ0) is 18.1. The third-order valence-corrected chi connectivity index (χ3v) is 5.16. The molecule has 3 heteroatoms. The Morgan fingerprint density at radius 1 is 1.00 bits per heavy atom. The number of para-hydroxylation sites is 1. The summed E-state index contributed by atoms with van der Waals surface area (Å²) in [6, 6.07) is 22.4. The highest BCUT2D eigenvalue weighted by Gasteiger charge is 2.24. The first kappa shape index (κ1) is 16.6. The van der Waals surface area contributed by atoms with Crippen molar-refractivity contribution in [2.24, 2.45) is 5.73 Å². The lowest BCUT2D eigenvalue weighted by Gasteiger charge is -2.23. The van der Waals surface area contributed by atoms with Gasteiger partial charge in [0.2, 0.25) is 0 Å². The van der Waals surface area contributed by atoms with Crippen LogP contribution < -0.4 is 10.6 Å². The molecular formula is C23H22N2O. The molecule has 1 aliphatic heterocycles. The van der Waals surface area contributed by atoms with Gasteiger partial charge < -0.3 is 10.6 Å². The number of carbonyl (C=O) groups excluding carboxylic acids is 1. The zero-order valence-corrected chi connectivity index (χ0v) is 14.9. The summed E-state index contributed by atoms with van der Waals surface area (Å²) in [6.07, 6.45) is 0.844. The number of carbonyl (C=O) groups is 1. The molecule has 0 unspecified atom stereocenters. The standard InChI is InChI=1S/C23H22N2O/c1-16-14-18(10-11-19(16)15-24)23(26)25-13-12-17-6-2-3-7-20(17)21-8-4-5-9-22(21)25/h2-11,14H,12-13,15,24H2,1H3. The van der Waals surface area contributed by atoms with Crippen LogP contribution in [0.2, 0.25) is 0 Å². The van der Waals surface area contributed by atoms with Crippen molar-refractivity contribution in [3.8, 4) is 11.1 Å². The number of aryl methyl sites for hydroxylation is 1. The maximum absolute atomic E-state index is 13.3. The van der Waals surface area contributed by atoms with Gasteiger partial charge in [0.25, 0.3) is 5.91 Å². The van der Waals surface area contributed by atoms with Crippen molar-refractivity contribution in [2.45, 2.75) is 19.9 Å². The Labute approximate surface area is 154 Å². The normalized spacial score (nSPS) is 12.9. The molecule has 0 aliphatic carbocycles. The molecule has 4 rings (SSSR count). The Morgan fingerprint density at radius 3 is 2.50 bits per heavy atom. The first-order valence-electron chi connectivity index (χ1n) is 8.98. The van der Waals surface area contributed by atoms with Crippen molar-refractivity contribution in [3.63, 3.8) is 0 Å². The largest absolute Gasteiger partial charge is 0.326 e. The summed E-state index contributed by atoms with van der Waals surface area (Å²) in [4.78, 5) is 15.2. The molecule has 3 nitrogen and oxygen atoms in total. The van der Waals surface area contributed by atoms with E-state index in [9.17, 15) is 4.79 Å². The van der Waals surface area contributed by atoms with E-state index >= 15 is 0 Å². The number of hydrogen-bond acceptors (Lipinski definition) is 2. The molecule has 1 aliphatic rings. The molecule has 130 valence electrons. The highest BCUT2D eigenvalue weighted by atomic mass is 16.2. The molecule has 3 aromatic rings. The third-order valence-electron chi connectivity index (χ3n) is 5.16. The lowest BCUT2D eigenvalue weighted by Crippen LogP contribution is -2.32. The summed E-state index contributed by atoms with van der Waals surface area (Å²) in [6.45, 7) is 3.16. The summed E-state index contributed by atoms with van der Waals surface area (Å²) in [5.74, 6) is 0.0388. The van der Waals surface area contributed by atoms with Crippen LogP contribution >= 0.6 is 0 Å². The molecule has 0 saturated heterocycles. The van der Waals surface area contributed by atoms with Gasteiger partial charge in [-0.3, -0.25) is 4.79 Å². The number of nitrogens with two attached hydrogens (primary N) is 1. The Bertz CT molecular complexity index is 977. The van der Waals surface area contributed by atoms with Crippen molar-refractivity contribution in [3.05, 3.63) is 89.0 Å². The number of hydrogen-bond donors (Lipinski definition) is 1. The van der Waals surface area contributed by atoms with Crippen LogP contribution in [-0.4, -0.2) is 12.5 Å². The van der Waals surface area contributed by atoms with E-state index in [1.165, 1.54) is 11.1 Å². The topological polar surface area (TPSA) is 46.3 Å². The lowest BCUT2D eigenvalue weighted by atomic mass is 9.98. The highest BCUT2D eigenvalue weighted by molar-refractivity contribution is 6.08. The third kappa shape index (κ3) is 2.80. The van der Waals surface area contributed by atoms with Gasteiger partial charge in [0.15, 0.2) is 0 Å². The van der Waals surface area contributed by atoms with E-state index in [1.54, 1.807) is 0 Å². The average molecular weight is 342 g/mol. The minimum atomic E-state index is 0.0388. The molecule has 0 aromatic heterocycles. The maximum atomic E-state index is 13.3. The van der Waals surface area contributed by atoms with Gasteiger partial charge in [0.1, 0.15) is 0 Å². The smallest absolute Gasteiger partial charge is 0.258 e. The summed E-state index contributed by atoms with van der Waals surface area (Å²) in [5.41, 5.74) is 13.2. The summed E-state index contributed by atoms with van der Waals surface area (Å²) in [5, 5.41) is 0. The predicted octanol–water partition coefficient (Wildman–Crippen LogP) is 4.32. The van der Waals surface area contributed by atoms with Crippen LogP contribution in [0, 0.1) is 6.92 Å². The Hall–Kier alpha value is -2.91. The minimum absolute atomic E-state index is 0.0388. The quantitative estimate of drug-likeness (QED) is 0.754.